The molecule has 0 aromatic carbocycles. The molecule has 14 heteroatoms. The molecule has 1 amide bonds. The van der Waals surface area contributed by atoms with Crippen LogP contribution in [0.2, 0.25) is 0 Å². The largest absolute Gasteiger partial charge is 0.394 e. The monoisotopic (exact) mass is 1220 g/mol. The quantitative estimate of drug-likeness (QED) is 0.0204. The molecule has 0 radical (unpaired) electrons. The van der Waals surface area contributed by atoms with Gasteiger partial charge in [0.25, 0.3) is 0 Å². The van der Waals surface area contributed by atoms with Crippen LogP contribution in [-0.4, -0.2) is 140 Å². The van der Waals surface area contributed by atoms with Gasteiger partial charge in [-0.2, -0.15) is 0 Å². The second-order valence-corrected chi connectivity index (χ2v) is 25.0. The number of aliphatic hydroxyl groups is 8. The lowest BCUT2D eigenvalue weighted by atomic mass is 9.97. The summed E-state index contributed by atoms with van der Waals surface area (Å²) >= 11 is 0. The minimum absolute atomic E-state index is 0.249. The number of rotatable bonds is 58. The van der Waals surface area contributed by atoms with Crippen LogP contribution >= 0.6 is 0 Å². The van der Waals surface area contributed by atoms with E-state index in [2.05, 4.69) is 67.8 Å². The van der Waals surface area contributed by atoms with E-state index in [1.54, 1.807) is 6.08 Å². The third-order valence-corrected chi connectivity index (χ3v) is 17.2. The summed E-state index contributed by atoms with van der Waals surface area (Å²) < 4.78 is 22.8. The van der Waals surface area contributed by atoms with Gasteiger partial charge in [0.05, 0.1) is 32.0 Å². The van der Waals surface area contributed by atoms with Crippen LogP contribution in [0.4, 0.5) is 0 Å². The van der Waals surface area contributed by atoms with Crippen molar-refractivity contribution in [1.82, 2.24) is 5.32 Å². The van der Waals surface area contributed by atoms with Crippen LogP contribution in [-0.2, 0) is 23.7 Å². The minimum atomic E-state index is -1.79. The predicted molar refractivity (Wildman–Crippen MR) is 350 cm³/mol. The average molecular weight is 1220 g/mol. The Balaban J connectivity index is 1.70. The van der Waals surface area contributed by atoms with Crippen LogP contribution in [0, 0.1) is 0 Å². The van der Waals surface area contributed by atoms with Crippen LogP contribution in [0.15, 0.2) is 60.8 Å². The summed E-state index contributed by atoms with van der Waals surface area (Å²) in [6.45, 7) is 2.80. The highest BCUT2D eigenvalue weighted by molar-refractivity contribution is 5.76. The number of hydrogen-bond donors (Lipinski definition) is 9. The molecule has 2 aliphatic rings. The number of unbranched alkanes of at least 4 members (excludes halogenated alkanes) is 37. The summed E-state index contributed by atoms with van der Waals surface area (Å²) in [5.41, 5.74) is 0. The maximum Gasteiger partial charge on any atom is 0.220 e. The zero-order valence-corrected chi connectivity index (χ0v) is 54.6. The van der Waals surface area contributed by atoms with Gasteiger partial charge in [0.1, 0.15) is 48.8 Å². The molecule has 0 aliphatic carbocycles. The molecule has 0 spiro atoms. The molecule has 2 heterocycles. The van der Waals surface area contributed by atoms with E-state index in [-0.39, 0.29) is 18.9 Å². The van der Waals surface area contributed by atoms with E-state index in [1.807, 2.05) is 6.08 Å². The molecule has 0 saturated carbocycles. The van der Waals surface area contributed by atoms with Crippen molar-refractivity contribution in [1.29, 1.82) is 0 Å². The zero-order valence-electron chi connectivity index (χ0n) is 54.6. The molecule has 2 rings (SSSR count). The van der Waals surface area contributed by atoms with E-state index < -0.39 is 86.8 Å². The van der Waals surface area contributed by atoms with Crippen molar-refractivity contribution in [2.45, 2.75) is 370 Å². The first-order chi connectivity index (χ1) is 42.1. The Hall–Kier alpha value is -2.31. The summed E-state index contributed by atoms with van der Waals surface area (Å²) in [7, 11) is 0. The first kappa shape index (κ1) is 79.8. The number of hydrogen-bond acceptors (Lipinski definition) is 13. The third kappa shape index (κ3) is 40.4. The van der Waals surface area contributed by atoms with Crippen LogP contribution in [0.5, 0.6) is 0 Å². The van der Waals surface area contributed by atoms with Crippen LogP contribution < -0.4 is 5.32 Å². The molecule has 12 atom stereocenters. The Bertz CT molecular complexity index is 1670. The lowest BCUT2D eigenvalue weighted by molar-refractivity contribution is -0.359. The van der Waals surface area contributed by atoms with E-state index in [4.69, 9.17) is 18.9 Å². The molecule has 9 N–H and O–H groups in total. The van der Waals surface area contributed by atoms with Gasteiger partial charge in [-0.05, 0) is 70.6 Å². The number of aliphatic hydroxyl groups excluding tert-OH is 8. The fraction of sp³-hybridized carbons (Fsp3) is 0.847. The highest BCUT2D eigenvalue weighted by Gasteiger charge is 2.51. The van der Waals surface area contributed by atoms with Crippen molar-refractivity contribution >= 4 is 5.91 Å². The summed E-state index contributed by atoms with van der Waals surface area (Å²) in [6.07, 6.45) is 58.4. The number of amides is 1. The van der Waals surface area contributed by atoms with Crippen molar-refractivity contribution in [3.63, 3.8) is 0 Å². The van der Waals surface area contributed by atoms with Crippen LogP contribution in [0.1, 0.15) is 296 Å². The van der Waals surface area contributed by atoms with Crippen molar-refractivity contribution in [3.05, 3.63) is 60.8 Å². The number of allylic oxidation sites excluding steroid dienone is 9. The Kier molecular flexibility index (Phi) is 52.6. The third-order valence-electron chi connectivity index (χ3n) is 17.2. The molecule has 2 fully saturated rings. The number of ether oxygens (including phenoxy) is 4. The summed E-state index contributed by atoms with van der Waals surface area (Å²) in [4.78, 5) is 13.3. The standard InChI is InChI=1S/C72H131NO13/c1-3-5-7-9-11-13-15-17-19-21-23-25-27-29-30-32-34-36-38-40-42-44-46-48-50-52-54-56-64(77)73-60(59-83-71-69(82)67(80)70(63(58-75)85-71)86-72-68(81)66(79)65(78)62(57-74)84-72)61(76)55-53-51-49-47-45-43-41-39-37-35-33-31-28-26-24-22-20-18-16-14-12-10-8-6-4-2/h15,17,21,23,27,29,45,47,53,55,60-63,65-72,74-76,78-82H,3-14,16,18-20,22,24-26,28,30-44,46,48-52,54,56-59H2,1-2H3,(H,73,77)/b17-15-,23-21-,29-27-,47-45+,55-53+. The van der Waals surface area contributed by atoms with E-state index in [0.29, 0.717) is 12.8 Å². The molecule has 0 bridgehead atoms. The molecule has 2 saturated heterocycles. The molecule has 14 nitrogen and oxygen atoms in total. The van der Waals surface area contributed by atoms with E-state index >= 15 is 0 Å². The molecule has 0 aromatic heterocycles. The average Bonchev–Trinajstić information content (AvgIpc) is 2.53. The molecule has 86 heavy (non-hydrogen) atoms. The van der Waals surface area contributed by atoms with Crippen molar-refractivity contribution in [2.24, 2.45) is 0 Å². The summed E-state index contributed by atoms with van der Waals surface area (Å²) in [6, 6.07) is -0.936. The number of carbonyl (C=O) groups excluding carboxylic acids is 1. The van der Waals surface area contributed by atoms with Crippen molar-refractivity contribution < 1.29 is 64.6 Å². The number of carbonyl (C=O) groups is 1. The SMILES string of the molecule is CCCCCCC/C=C\C/C=C\C/C=C\CCCCCCCCCCCCCCC(=O)NC(COC1OC(CO)C(OC2OC(CO)C(O)C(O)C2O)C(O)C1O)C(O)/C=C/CC/C=C/CCCCCCCCCCCCCCCCCCCCC. The molecule has 2 aliphatic heterocycles. The maximum atomic E-state index is 13.3. The van der Waals surface area contributed by atoms with Crippen LogP contribution in [0.25, 0.3) is 0 Å². The van der Waals surface area contributed by atoms with Crippen molar-refractivity contribution in [2.75, 3.05) is 19.8 Å². The Morgan fingerprint density at radius 1 is 0.419 bits per heavy atom. The smallest absolute Gasteiger partial charge is 0.220 e. The Morgan fingerprint density at radius 2 is 0.779 bits per heavy atom. The van der Waals surface area contributed by atoms with Gasteiger partial charge in [0.2, 0.25) is 5.91 Å². The van der Waals surface area contributed by atoms with E-state index in [9.17, 15) is 45.6 Å². The van der Waals surface area contributed by atoms with Gasteiger partial charge in [0.15, 0.2) is 12.6 Å². The Morgan fingerprint density at radius 3 is 1.22 bits per heavy atom. The zero-order chi connectivity index (χ0) is 62.3. The second kappa shape index (κ2) is 56.7. The van der Waals surface area contributed by atoms with Gasteiger partial charge in [-0.3, -0.25) is 4.79 Å². The second-order valence-electron chi connectivity index (χ2n) is 25.0. The molecule has 502 valence electrons. The van der Waals surface area contributed by atoms with Crippen molar-refractivity contribution in [3.8, 4) is 0 Å². The van der Waals surface area contributed by atoms with Gasteiger partial charge in [0, 0.05) is 6.42 Å². The van der Waals surface area contributed by atoms with Gasteiger partial charge < -0.3 is 65.1 Å². The number of nitrogens with one attached hydrogen (secondary N) is 1. The Labute approximate surface area is 524 Å². The molecular formula is C72H131NO13. The van der Waals surface area contributed by atoms with Gasteiger partial charge in [-0.1, -0.05) is 280 Å². The molecule has 0 aromatic rings. The van der Waals surface area contributed by atoms with E-state index in [0.717, 1.165) is 44.9 Å². The first-order valence-corrected chi connectivity index (χ1v) is 35.5. The highest BCUT2D eigenvalue weighted by Crippen LogP contribution is 2.30. The minimum Gasteiger partial charge on any atom is -0.394 e. The normalized spacial score (nSPS) is 23.7. The van der Waals surface area contributed by atoms with Crippen LogP contribution in [0.3, 0.4) is 0 Å². The lowest BCUT2D eigenvalue weighted by Crippen LogP contribution is -2.65. The fourth-order valence-corrected chi connectivity index (χ4v) is 11.5. The molecular weight excluding hydrogens is 1090 g/mol. The fourth-order valence-electron chi connectivity index (χ4n) is 11.5. The molecule has 12 unspecified atom stereocenters. The maximum absolute atomic E-state index is 13.3. The first-order valence-electron chi connectivity index (χ1n) is 35.5. The van der Waals surface area contributed by atoms with Gasteiger partial charge >= 0.3 is 0 Å². The highest BCUT2D eigenvalue weighted by atomic mass is 16.7. The topological polar surface area (TPSA) is 228 Å². The lowest BCUT2D eigenvalue weighted by Gasteiger charge is -2.46. The van der Waals surface area contributed by atoms with Gasteiger partial charge in [-0.25, -0.2) is 0 Å². The van der Waals surface area contributed by atoms with Gasteiger partial charge in [-0.15, -0.1) is 0 Å². The van der Waals surface area contributed by atoms with E-state index in [1.165, 1.54) is 218 Å². The summed E-state index contributed by atoms with van der Waals surface area (Å²) in [5, 5.41) is 87.4. The predicted octanol–water partition coefficient (Wildman–Crippen LogP) is 14.5. The summed E-state index contributed by atoms with van der Waals surface area (Å²) in [5.74, 6) is -0.249.